The third-order valence-electron chi connectivity index (χ3n) is 3.40. The van der Waals surface area contributed by atoms with Gasteiger partial charge in [-0.05, 0) is 23.8 Å². The van der Waals surface area contributed by atoms with Crippen molar-refractivity contribution in [2.24, 2.45) is 0 Å². The van der Waals surface area contributed by atoms with E-state index in [1.54, 1.807) is 18.0 Å². The van der Waals surface area contributed by atoms with E-state index < -0.39 is 11.6 Å². The molecule has 0 unspecified atom stereocenters. The quantitative estimate of drug-likeness (QED) is 0.752. The topological polar surface area (TPSA) is 66.0 Å². The van der Waals surface area contributed by atoms with Gasteiger partial charge >= 0.3 is 0 Å². The maximum absolute atomic E-state index is 13.9. The van der Waals surface area contributed by atoms with E-state index in [0.717, 1.165) is 23.4 Å². The van der Waals surface area contributed by atoms with Crippen LogP contribution in [0, 0.1) is 11.6 Å². The SMILES string of the molecule is COc1ccc(Cn2cc(-c3cc(F)c(N)cc3F)nn2)cc1. The molecule has 0 atom stereocenters. The number of nitrogens with zero attached hydrogens (tertiary/aromatic N) is 3. The highest BCUT2D eigenvalue weighted by Crippen LogP contribution is 2.25. The van der Waals surface area contributed by atoms with Crippen molar-refractivity contribution in [2.45, 2.75) is 6.54 Å². The summed E-state index contributed by atoms with van der Waals surface area (Å²) in [6.45, 7) is 0.454. The number of nitrogen functional groups attached to an aromatic ring is 1. The molecule has 0 aliphatic rings. The van der Waals surface area contributed by atoms with Crippen LogP contribution in [0.1, 0.15) is 5.56 Å². The lowest BCUT2D eigenvalue weighted by atomic mass is 10.1. The van der Waals surface area contributed by atoms with E-state index in [9.17, 15) is 8.78 Å². The molecule has 3 rings (SSSR count). The number of benzene rings is 2. The number of hydrogen-bond donors (Lipinski definition) is 1. The zero-order chi connectivity index (χ0) is 16.4. The number of aromatic nitrogens is 3. The molecule has 0 spiro atoms. The van der Waals surface area contributed by atoms with Crippen molar-refractivity contribution in [1.29, 1.82) is 0 Å². The van der Waals surface area contributed by atoms with Crippen LogP contribution in [0.15, 0.2) is 42.6 Å². The summed E-state index contributed by atoms with van der Waals surface area (Å²) < 4.78 is 34.0. The number of ether oxygens (including phenoxy) is 1. The van der Waals surface area contributed by atoms with Crippen molar-refractivity contribution in [3.8, 4) is 17.0 Å². The van der Waals surface area contributed by atoms with Gasteiger partial charge in [0.15, 0.2) is 0 Å². The van der Waals surface area contributed by atoms with E-state index in [4.69, 9.17) is 10.5 Å². The number of anilines is 1. The normalized spacial score (nSPS) is 10.7. The van der Waals surface area contributed by atoms with E-state index in [-0.39, 0.29) is 16.9 Å². The van der Waals surface area contributed by atoms with E-state index in [0.29, 0.717) is 6.54 Å². The molecule has 7 heteroatoms. The van der Waals surface area contributed by atoms with Crippen LogP contribution in [-0.2, 0) is 6.54 Å². The number of methoxy groups -OCH3 is 1. The molecule has 3 aromatic rings. The minimum atomic E-state index is -0.689. The highest BCUT2D eigenvalue weighted by Gasteiger charge is 2.13. The lowest BCUT2D eigenvalue weighted by Crippen LogP contribution is -2.00. The van der Waals surface area contributed by atoms with Gasteiger partial charge in [0, 0.05) is 11.6 Å². The van der Waals surface area contributed by atoms with Gasteiger partial charge in [0.25, 0.3) is 0 Å². The molecule has 0 aliphatic heterocycles. The fourth-order valence-corrected chi connectivity index (χ4v) is 2.18. The maximum Gasteiger partial charge on any atom is 0.146 e. The third-order valence-corrected chi connectivity index (χ3v) is 3.40. The van der Waals surface area contributed by atoms with Crippen molar-refractivity contribution >= 4 is 5.69 Å². The van der Waals surface area contributed by atoms with Gasteiger partial charge in [0.1, 0.15) is 23.1 Å². The standard InChI is InChI=1S/C16H14F2N4O/c1-23-11-4-2-10(3-5-11)8-22-9-16(20-21-22)12-6-14(18)15(19)7-13(12)17/h2-7,9H,8,19H2,1H3. The Balaban J connectivity index is 1.84. The Hall–Kier alpha value is -2.96. The molecule has 0 saturated heterocycles. The monoisotopic (exact) mass is 316 g/mol. The molecule has 5 nitrogen and oxygen atoms in total. The van der Waals surface area contributed by atoms with E-state index >= 15 is 0 Å². The zero-order valence-electron chi connectivity index (χ0n) is 12.3. The molecule has 0 radical (unpaired) electrons. The number of nitrogens with two attached hydrogens (primary N) is 1. The van der Waals surface area contributed by atoms with E-state index in [1.165, 1.54) is 0 Å². The fourth-order valence-electron chi connectivity index (χ4n) is 2.18. The van der Waals surface area contributed by atoms with Gasteiger partial charge in [0.2, 0.25) is 0 Å². The second kappa shape index (κ2) is 6.04. The molecule has 1 aromatic heterocycles. The second-order valence-corrected chi connectivity index (χ2v) is 5.00. The van der Waals surface area contributed by atoms with Crippen molar-refractivity contribution in [1.82, 2.24) is 15.0 Å². The summed E-state index contributed by atoms with van der Waals surface area (Å²) in [4.78, 5) is 0. The molecule has 0 amide bonds. The Bertz CT molecular complexity index is 831. The minimum absolute atomic E-state index is 0.0256. The van der Waals surface area contributed by atoms with Crippen molar-refractivity contribution in [2.75, 3.05) is 12.8 Å². The van der Waals surface area contributed by atoms with Gasteiger partial charge in [0.05, 0.1) is 25.5 Å². The van der Waals surface area contributed by atoms with Gasteiger partial charge in [-0.3, -0.25) is 0 Å². The first-order valence-corrected chi connectivity index (χ1v) is 6.85. The summed E-state index contributed by atoms with van der Waals surface area (Å²) in [7, 11) is 1.60. The second-order valence-electron chi connectivity index (χ2n) is 5.00. The molecule has 23 heavy (non-hydrogen) atoms. The molecule has 0 fully saturated rings. The lowest BCUT2D eigenvalue weighted by Gasteiger charge is -2.03. The minimum Gasteiger partial charge on any atom is -0.497 e. The predicted octanol–water partition coefficient (Wildman–Crippen LogP) is 2.86. The first-order valence-electron chi connectivity index (χ1n) is 6.85. The Labute approximate surface area is 131 Å². The van der Waals surface area contributed by atoms with Crippen LogP contribution in [0.3, 0.4) is 0 Å². The van der Waals surface area contributed by atoms with Gasteiger partial charge < -0.3 is 10.5 Å². The summed E-state index contributed by atoms with van der Waals surface area (Å²) in [5.74, 6) is -0.570. The lowest BCUT2D eigenvalue weighted by molar-refractivity contribution is 0.414. The Morgan fingerprint density at radius 2 is 1.87 bits per heavy atom. The van der Waals surface area contributed by atoms with Crippen LogP contribution >= 0.6 is 0 Å². The highest BCUT2D eigenvalue weighted by molar-refractivity contribution is 5.62. The van der Waals surface area contributed by atoms with Gasteiger partial charge in [-0.25, -0.2) is 13.5 Å². The van der Waals surface area contributed by atoms with Crippen molar-refractivity contribution in [3.05, 3.63) is 59.8 Å². The van der Waals surface area contributed by atoms with Crippen LogP contribution in [-0.4, -0.2) is 22.1 Å². The summed E-state index contributed by atoms with van der Waals surface area (Å²) in [6, 6.07) is 9.41. The van der Waals surface area contributed by atoms with Crippen LogP contribution < -0.4 is 10.5 Å². The molecule has 0 aliphatic carbocycles. The summed E-state index contributed by atoms with van der Waals surface area (Å²) in [6.07, 6.45) is 1.55. The van der Waals surface area contributed by atoms with Crippen LogP contribution in [0.5, 0.6) is 5.75 Å². The summed E-state index contributed by atoms with van der Waals surface area (Å²) >= 11 is 0. The van der Waals surface area contributed by atoms with E-state index in [1.807, 2.05) is 24.3 Å². The van der Waals surface area contributed by atoms with Crippen molar-refractivity contribution in [3.63, 3.8) is 0 Å². The Morgan fingerprint density at radius 3 is 2.57 bits per heavy atom. The van der Waals surface area contributed by atoms with Crippen LogP contribution in [0.4, 0.5) is 14.5 Å². The number of halogens is 2. The smallest absolute Gasteiger partial charge is 0.146 e. The molecule has 0 bridgehead atoms. The van der Waals surface area contributed by atoms with Gasteiger partial charge in [-0.1, -0.05) is 17.3 Å². The summed E-state index contributed by atoms with van der Waals surface area (Å²) in [5, 5.41) is 7.83. The zero-order valence-corrected chi connectivity index (χ0v) is 12.3. The predicted molar refractivity (Wildman–Crippen MR) is 81.9 cm³/mol. The van der Waals surface area contributed by atoms with E-state index in [2.05, 4.69) is 10.3 Å². The molecule has 2 N–H and O–H groups in total. The molecule has 2 aromatic carbocycles. The molecule has 0 saturated carbocycles. The first kappa shape index (κ1) is 15.0. The van der Waals surface area contributed by atoms with Crippen LogP contribution in [0.2, 0.25) is 0 Å². The Kier molecular flexibility index (Phi) is 3.92. The number of rotatable bonds is 4. The summed E-state index contributed by atoms with van der Waals surface area (Å²) in [5.41, 5.74) is 6.34. The first-order chi connectivity index (χ1) is 11.1. The average molecular weight is 316 g/mol. The third kappa shape index (κ3) is 3.13. The molecular weight excluding hydrogens is 302 g/mol. The number of hydrogen-bond acceptors (Lipinski definition) is 4. The molecular formula is C16H14F2N4O. The molecule has 1 heterocycles. The average Bonchev–Trinajstić information content (AvgIpc) is 3.00. The van der Waals surface area contributed by atoms with Gasteiger partial charge in [-0.2, -0.15) is 0 Å². The maximum atomic E-state index is 13.9. The fraction of sp³-hybridized carbons (Fsp3) is 0.125. The largest absolute Gasteiger partial charge is 0.497 e. The Morgan fingerprint density at radius 1 is 1.13 bits per heavy atom. The highest BCUT2D eigenvalue weighted by atomic mass is 19.1. The molecule has 118 valence electrons. The van der Waals surface area contributed by atoms with Crippen molar-refractivity contribution < 1.29 is 13.5 Å². The van der Waals surface area contributed by atoms with Gasteiger partial charge in [-0.15, -0.1) is 5.10 Å². The van der Waals surface area contributed by atoms with Crippen LogP contribution in [0.25, 0.3) is 11.3 Å².